The van der Waals surface area contributed by atoms with Gasteiger partial charge >= 0.3 is 0 Å². The maximum absolute atomic E-state index is 6.13. The fourth-order valence-electron chi connectivity index (χ4n) is 1.64. The van der Waals surface area contributed by atoms with Crippen LogP contribution in [0.4, 0.5) is 17.3 Å². The number of nitrogens with one attached hydrogen (secondary N) is 2. The van der Waals surface area contributed by atoms with Crippen LogP contribution in [0.2, 0.25) is 10.0 Å². The topological polar surface area (TPSA) is 49.8 Å². The summed E-state index contributed by atoms with van der Waals surface area (Å²) in [5.41, 5.74) is 1.70. The molecule has 0 unspecified atom stereocenters. The summed E-state index contributed by atoms with van der Waals surface area (Å²) in [7, 11) is 0. The Hall–Kier alpha value is -1.52. The van der Waals surface area contributed by atoms with Crippen LogP contribution in [-0.2, 0) is 0 Å². The molecule has 0 aliphatic rings. The highest BCUT2D eigenvalue weighted by molar-refractivity contribution is 6.36. The quantitative estimate of drug-likeness (QED) is 0.885. The van der Waals surface area contributed by atoms with Crippen LogP contribution in [0, 0.1) is 6.92 Å². The second-order valence-corrected chi connectivity index (χ2v) is 4.82. The van der Waals surface area contributed by atoms with Gasteiger partial charge < -0.3 is 10.6 Å². The van der Waals surface area contributed by atoms with Gasteiger partial charge in [-0.05, 0) is 32.0 Å². The fraction of sp³-hybridized carbons (Fsp3) is 0.231. The Morgan fingerprint density at radius 1 is 1.16 bits per heavy atom. The monoisotopic (exact) mass is 296 g/mol. The highest BCUT2D eigenvalue weighted by Gasteiger charge is 2.08. The Morgan fingerprint density at radius 3 is 2.58 bits per heavy atom. The number of hydrogen-bond acceptors (Lipinski definition) is 4. The second-order valence-electron chi connectivity index (χ2n) is 3.98. The average Bonchev–Trinajstić information content (AvgIpc) is 2.37. The summed E-state index contributed by atoms with van der Waals surface area (Å²) in [5.74, 6) is 1.53. The minimum atomic E-state index is 0.551. The third kappa shape index (κ3) is 3.28. The SMILES string of the molecule is CCNc1ncnc(Nc2ccc(Cl)cc2Cl)c1C. The van der Waals surface area contributed by atoms with Crippen molar-refractivity contribution >= 4 is 40.5 Å². The van der Waals surface area contributed by atoms with E-state index >= 15 is 0 Å². The lowest BCUT2D eigenvalue weighted by Gasteiger charge is -2.13. The normalized spacial score (nSPS) is 10.3. The third-order valence-electron chi connectivity index (χ3n) is 2.61. The lowest BCUT2D eigenvalue weighted by Crippen LogP contribution is -2.05. The van der Waals surface area contributed by atoms with Crippen molar-refractivity contribution in [2.75, 3.05) is 17.2 Å². The molecule has 1 heterocycles. The van der Waals surface area contributed by atoms with Gasteiger partial charge in [-0.1, -0.05) is 23.2 Å². The molecule has 19 heavy (non-hydrogen) atoms. The molecule has 2 aromatic rings. The second kappa shape index (κ2) is 6.08. The van der Waals surface area contributed by atoms with Crippen molar-refractivity contribution < 1.29 is 0 Å². The lowest BCUT2D eigenvalue weighted by molar-refractivity contribution is 1.08. The summed E-state index contributed by atoms with van der Waals surface area (Å²) >= 11 is 12.0. The first-order chi connectivity index (χ1) is 9.11. The molecule has 0 spiro atoms. The van der Waals surface area contributed by atoms with E-state index in [1.165, 1.54) is 6.33 Å². The minimum Gasteiger partial charge on any atom is -0.370 e. The highest BCUT2D eigenvalue weighted by Crippen LogP contribution is 2.29. The van der Waals surface area contributed by atoms with Crippen molar-refractivity contribution in [3.63, 3.8) is 0 Å². The predicted octanol–water partition coefficient (Wildman–Crippen LogP) is 4.27. The van der Waals surface area contributed by atoms with Gasteiger partial charge in [0.1, 0.15) is 18.0 Å². The maximum atomic E-state index is 6.13. The van der Waals surface area contributed by atoms with E-state index in [0.29, 0.717) is 10.0 Å². The molecule has 0 bridgehead atoms. The summed E-state index contributed by atoms with van der Waals surface area (Å²) in [5, 5.41) is 7.52. The van der Waals surface area contributed by atoms with E-state index in [1.54, 1.807) is 12.1 Å². The van der Waals surface area contributed by atoms with Gasteiger partial charge in [0.05, 0.1) is 10.7 Å². The van der Waals surface area contributed by atoms with E-state index < -0.39 is 0 Å². The first kappa shape index (κ1) is 13.9. The molecule has 2 rings (SSSR count). The van der Waals surface area contributed by atoms with Crippen LogP contribution in [0.3, 0.4) is 0 Å². The molecule has 0 aliphatic carbocycles. The first-order valence-corrected chi connectivity index (χ1v) is 6.65. The number of halogens is 2. The first-order valence-electron chi connectivity index (χ1n) is 5.89. The largest absolute Gasteiger partial charge is 0.370 e. The van der Waals surface area contributed by atoms with Crippen molar-refractivity contribution in [1.82, 2.24) is 9.97 Å². The zero-order chi connectivity index (χ0) is 13.8. The molecule has 1 aromatic heterocycles. The van der Waals surface area contributed by atoms with E-state index in [9.17, 15) is 0 Å². The van der Waals surface area contributed by atoms with Crippen LogP contribution in [0.5, 0.6) is 0 Å². The molecule has 4 nitrogen and oxygen atoms in total. The van der Waals surface area contributed by atoms with Crippen LogP contribution in [-0.4, -0.2) is 16.5 Å². The number of aromatic nitrogens is 2. The highest BCUT2D eigenvalue weighted by atomic mass is 35.5. The Labute approximate surface area is 122 Å². The number of nitrogens with zero attached hydrogens (tertiary/aromatic N) is 2. The summed E-state index contributed by atoms with van der Waals surface area (Å²) in [4.78, 5) is 8.42. The zero-order valence-electron chi connectivity index (χ0n) is 10.7. The summed E-state index contributed by atoms with van der Waals surface area (Å²) in [6, 6.07) is 5.28. The molecule has 0 fully saturated rings. The van der Waals surface area contributed by atoms with Crippen molar-refractivity contribution in [2.24, 2.45) is 0 Å². The molecule has 100 valence electrons. The molecular formula is C13H14Cl2N4. The van der Waals surface area contributed by atoms with Gasteiger partial charge in [0.2, 0.25) is 0 Å². The number of benzene rings is 1. The Balaban J connectivity index is 2.30. The summed E-state index contributed by atoms with van der Waals surface area (Å²) in [6.07, 6.45) is 1.51. The van der Waals surface area contributed by atoms with Crippen LogP contribution >= 0.6 is 23.2 Å². The van der Waals surface area contributed by atoms with Crippen molar-refractivity contribution in [3.8, 4) is 0 Å². The van der Waals surface area contributed by atoms with E-state index in [0.717, 1.165) is 29.4 Å². The third-order valence-corrected chi connectivity index (χ3v) is 3.16. The average molecular weight is 297 g/mol. The molecule has 0 aliphatic heterocycles. The zero-order valence-corrected chi connectivity index (χ0v) is 12.2. The number of anilines is 3. The Kier molecular flexibility index (Phi) is 4.45. The minimum absolute atomic E-state index is 0.551. The van der Waals surface area contributed by atoms with E-state index in [1.807, 2.05) is 19.9 Å². The van der Waals surface area contributed by atoms with Gasteiger partial charge in [-0.3, -0.25) is 0 Å². The predicted molar refractivity (Wildman–Crippen MR) is 80.7 cm³/mol. The van der Waals surface area contributed by atoms with Gasteiger partial charge in [-0.2, -0.15) is 0 Å². The van der Waals surface area contributed by atoms with Crippen molar-refractivity contribution in [3.05, 3.63) is 40.1 Å². The Bertz CT molecular complexity index is 587. The summed E-state index contributed by atoms with van der Waals surface area (Å²) in [6.45, 7) is 4.77. The molecule has 0 radical (unpaired) electrons. The van der Waals surface area contributed by atoms with Crippen molar-refractivity contribution in [2.45, 2.75) is 13.8 Å². The summed E-state index contributed by atoms with van der Waals surface area (Å²) < 4.78 is 0. The molecular weight excluding hydrogens is 283 g/mol. The van der Waals surface area contributed by atoms with Crippen LogP contribution in [0.25, 0.3) is 0 Å². The molecule has 0 atom stereocenters. The van der Waals surface area contributed by atoms with Crippen molar-refractivity contribution in [1.29, 1.82) is 0 Å². The molecule has 0 saturated carbocycles. The lowest BCUT2D eigenvalue weighted by atomic mass is 10.2. The van der Waals surface area contributed by atoms with E-state index in [2.05, 4.69) is 20.6 Å². The maximum Gasteiger partial charge on any atom is 0.138 e. The van der Waals surface area contributed by atoms with Crippen LogP contribution < -0.4 is 10.6 Å². The van der Waals surface area contributed by atoms with Gasteiger partial charge in [-0.15, -0.1) is 0 Å². The number of hydrogen-bond donors (Lipinski definition) is 2. The van der Waals surface area contributed by atoms with Crippen LogP contribution in [0.15, 0.2) is 24.5 Å². The Morgan fingerprint density at radius 2 is 1.89 bits per heavy atom. The molecule has 0 amide bonds. The van der Waals surface area contributed by atoms with Crippen LogP contribution in [0.1, 0.15) is 12.5 Å². The standard InChI is InChI=1S/C13H14Cl2N4/c1-3-16-12-8(2)13(18-7-17-12)19-11-5-4-9(14)6-10(11)15/h4-7H,3H2,1-2H3,(H2,16,17,18,19). The smallest absolute Gasteiger partial charge is 0.138 e. The van der Waals surface area contributed by atoms with E-state index in [4.69, 9.17) is 23.2 Å². The molecule has 2 N–H and O–H groups in total. The molecule has 1 aromatic carbocycles. The fourth-order valence-corrected chi connectivity index (χ4v) is 2.10. The molecule has 0 saturated heterocycles. The van der Waals surface area contributed by atoms with Gasteiger partial charge in [0.25, 0.3) is 0 Å². The van der Waals surface area contributed by atoms with Gasteiger partial charge in [0, 0.05) is 17.1 Å². The number of rotatable bonds is 4. The van der Waals surface area contributed by atoms with E-state index in [-0.39, 0.29) is 0 Å². The molecule has 6 heteroatoms. The van der Waals surface area contributed by atoms with Gasteiger partial charge in [0.15, 0.2) is 0 Å². The van der Waals surface area contributed by atoms with Gasteiger partial charge in [-0.25, -0.2) is 9.97 Å².